The first-order valence-corrected chi connectivity index (χ1v) is 3.77. The summed E-state index contributed by atoms with van der Waals surface area (Å²) >= 11 is 0. The Kier molecular flexibility index (Phi) is 1.20. The van der Waals surface area contributed by atoms with Crippen molar-refractivity contribution in [2.75, 3.05) is 20.1 Å². The minimum Gasteiger partial charge on any atom is -0.359 e. The van der Waals surface area contributed by atoms with Crippen molar-refractivity contribution in [3.05, 3.63) is 0 Å². The number of amides is 1. The monoisotopic (exact) mass is 140 g/mol. The summed E-state index contributed by atoms with van der Waals surface area (Å²) in [5.74, 6) is 1.88. The molecule has 1 amide bonds. The molecule has 3 heteroatoms. The minimum atomic E-state index is 0.233. The second-order valence-corrected chi connectivity index (χ2v) is 3.13. The smallest absolute Gasteiger partial charge is 0.223 e. The van der Waals surface area contributed by atoms with Crippen molar-refractivity contribution in [2.45, 2.75) is 0 Å². The lowest BCUT2D eigenvalue weighted by atomic mass is 10.3. The molecule has 0 bridgehead atoms. The molecule has 0 aromatic rings. The fraction of sp³-hybridized carbons (Fsp3) is 0.857. The van der Waals surface area contributed by atoms with Crippen LogP contribution in [0.1, 0.15) is 0 Å². The summed E-state index contributed by atoms with van der Waals surface area (Å²) in [7, 11) is 1.71. The molecule has 1 aliphatic carbocycles. The molecule has 0 aromatic carbocycles. The van der Waals surface area contributed by atoms with Crippen LogP contribution in [0.25, 0.3) is 0 Å². The molecule has 1 aliphatic heterocycles. The Morgan fingerprint density at radius 1 is 1.50 bits per heavy atom. The van der Waals surface area contributed by atoms with Crippen LogP contribution in [0.15, 0.2) is 0 Å². The van der Waals surface area contributed by atoms with E-state index in [0.29, 0.717) is 17.8 Å². The van der Waals surface area contributed by atoms with E-state index in [1.165, 1.54) is 0 Å². The van der Waals surface area contributed by atoms with Crippen LogP contribution in [0.4, 0.5) is 0 Å². The number of rotatable bonds is 1. The maximum atomic E-state index is 11.0. The van der Waals surface area contributed by atoms with Gasteiger partial charge in [-0.3, -0.25) is 4.79 Å². The molecule has 0 radical (unpaired) electrons. The van der Waals surface area contributed by atoms with Crippen LogP contribution in [-0.2, 0) is 4.79 Å². The molecule has 10 heavy (non-hydrogen) atoms. The van der Waals surface area contributed by atoms with Gasteiger partial charge >= 0.3 is 0 Å². The molecule has 56 valence electrons. The normalized spacial score (nSPS) is 42.7. The lowest BCUT2D eigenvalue weighted by Gasteiger charge is -2.01. The fourth-order valence-electron chi connectivity index (χ4n) is 1.97. The highest BCUT2D eigenvalue weighted by Crippen LogP contribution is 2.48. The van der Waals surface area contributed by atoms with E-state index in [2.05, 4.69) is 10.6 Å². The van der Waals surface area contributed by atoms with Gasteiger partial charge in [0.1, 0.15) is 0 Å². The number of carbonyl (C=O) groups is 1. The molecule has 2 atom stereocenters. The first-order valence-electron chi connectivity index (χ1n) is 3.77. The van der Waals surface area contributed by atoms with E-state index in [1.807, 2.05) is 0 Å². The van der Waals surface area contributed by atoms with Crippen LogP contribution < -0.4 is 10.6 Å². The van der Waals surface area contributed by atoms with Crippen molar-refractivity contribution in [3.63, 3.8) is 0 Å². The number of fused-ring (bicyclic) bond motifs is 1. The number of carbonyl (C=O) groups excluding carboxylic acids is 1. The molecule has 2 N–H and O–H groups in total. The van der Waals surface area contributed by atoms with Crippen LogP contribution in [0.5, 0.6) is 0 Å². The second-order valence-electron chi connectivity index (χ2n) is 3.13. The van der Waals surface area contributed by atoms with E-state index in [4.69, 9.17) is 0 Å². The zero-order valence-electron chi connectivity index (χ0n) is 6.05. The summed E-state index contributed by atoms with van der Waals surface area (Å²) in [6.07, 6.45) is 0. The quantitative estimate of drug-likeness (QED) is 0.500. The first kappa shape index (κ1) is 6.16. The Labute approximate surface area is 60.2 Å². The van der Waals surface area contributed by atoms with Gasteiger partial charge in [0.25, 0.3) is 0 Å². The maximum Gasteiger partial charge on any atom is 0.223 e. The standard InChI is InChI=1S/C7H12N2O/c1-8-7(10)6-4-2-9-3-5(4)6/h4-6,9H,2-3H2,1H3,(H,8,10)/t4-,5-/m1/s1. The van der Waals surface area contributed by atoms with Crippen LogP contribution in [0.3, 0.4) is 0 Å². The lowest BCUT2D eigenvalue weighted by Crippen LogP contribution is -2.26. The van der Waals surface area contributed by atoms with Crippen molar-refractivity contribution in [1.29, 1.82) is 0 Å². The molecule has 2 rings (SSSR count). The molecule has 3 nitrogen and oxygen atoms in total. The predicted molar refractivity (Wildman–Crippen MR) is 37.4 cm³/mol. The maximum absolute atomic E-state index is 11.0. The highest BCUT2D eigenvalue weighted by Gasteiger charge is 2.56. The van der Waals surface area contributed by atoms with Gasteiger partial charge in [0.05, 0.1) is 0 Å². The van der Waals surface area contributed by atoms with Gasteiger partial charge in [-0.2, -0.15) is 0 Å². The highest BCUT2D eigenvalue weighted by molar-refractivity contribution is 5.82. The van der Waals surface area contributed by atoms with Crippen molar-refractivity contribution < 1.29 is 4.79 Å². The molecule has 1 saturated heterocycles. The molecule has 0 spiro atoms. The van der Waals surface area contributed by atoms with Gasteiger partial charge in [-0.15, -0.1) is 0 Å². The largest absolute Gasteiger partial charge is 0.359 e. The van der Waals surface area contributed by atoms with E-state index in [1.54, 1.807) is 7.05 Å². The second kappa shape index (κ2) is 1.95. The van der Waals surface area contributed by atoms with E-state index in [9.17, 15) is 4.79 Å². The van der Waals surface area contributed by atoms with Crippen molar-refractivity contribution in [3.8, 4) is 0 Å². The zero-order chi connectivity index (χ0) is 7.14. The van der Waals surface area contributed by atoms with E-state index >= 15 is 0 Å². The fourth-order valence-corrected chi connectivity index (χ4v) is 1.97. The van der Waals surface area contributed by atoms with E-state index < -0.39 is 0 Å². The van der Waals surface area contributed by atoms with Gasteiger partial charge in [0.15, 0.2) is 0 Å². The third-order valence-electron chi connectivity index (χ3n) is 2.64. The SMILES string of the molecule is CNC(=O)C1[C@@H]2CNC[C@@H]12. The molecule has 1 saturated carbocycles. The third-order valence-corrected chi connectivity index (χ3v) is 2.64. The van der Waals surface area contributed by atoms with Crippen molar-refractivity contribution in [1.82, 2.24) is 10.6 Å². The van der Waals surface area contributed by atoms with E-state index in [0.717, 1.165) is 13.1 Å². The van der Waals surface area contributed by atoms with Crippen LogP contribution >= 0.6 is 0 Å². The molecule has 2 fully saturated rings. The van der Waals surface area contributed by atoms with Gasteiger partial charge in [-0.1, -0.05) is 0 Å². The van der Waals surface area contributed by atoms with E-state index in [-0.39, 0.29) is 5.91 Å². The Bertz CT molecular complexity index is 159. The van der Waals surface area contributed by atoms with Crippen LogP contribution in [0, 0.1) is 17.8 Å². The summed E-state index contributed by atoms with van der Waals surface area (Å²) in [5.41, 5.74) is 0. The summed E-state index contributed by atoms with van der Waals surface area (Å²) in [6, 6.07) is 0. The first-order chi connectivity index (χ1) is 4.84. The summed E-state index contributed by atoms with van der Waals surface area (Å²) in [5, 5.41) is 5.94. The molecule has 1 heterocycles. The topological polar surface area (TPSA) is 41.1 Å². The zero-order valence-corrected chi connectivity index (χ0v) is 6.05. The third kappa shape index (κ3) is 0.669. The average Bonchev–Trinajstić information content (AvgIpc) is 2.43. The molecular weight excluding hydrogens is 128 g/mol. The van der Waals surface area contributed by atoms with Gasteiger partial charge in [0.2, 0.25) is 5.91 Å². The number of piperidine rings is 1. The number of hydrogen-bond acceptors (Lipinski definition) is 2. The van der Waals surface area contributed by atoms with Crippen molar-refractivity contribution >= 4 is 5.91 Å². The summed E-state index contributed by atoms with van der Waals surface area (Å²) < 4.78 is 0. The summed E-state index contributed by atoms with van der Waals surface area (Å²) in [4.78, 5) is 11.0. The van der Waals surface area contributed by atoms with Gasteiger partial charge in [0, 0.05) is 13.0 Å². The molecule has 0 aromatic heterocycles. The van der Waals surface area contributed by atoms with Gasteiger partial charge < -0.3 is 10.6 Å². The van der Waals surface area contributed by atoms with Gasteiger partial charge in [-0.25, -0.2) is 0 Å². The predicted octanol–water partition coefficient (Wildman–Crippen LogP) is -0.802. The number of hydrogen-bond donors (Lipinski definition) is 2. The summed E-state index contributed by atoms with van der Waals surface area (Å²) in [6.45, 7) is 2.09. The van der Waals surface area contributed by atoms with Crippen LogP contribution in [0.2, 0.25) is 0 Å². The minimum absolute atomic E-state index is 0.233. The Hall–Kier alpha value is -0.570. The van der Waals surface area contributed by atoms with Gasteiger partial charge in [-0.05, 0) is 24.9 Å². The average molecular weight is 140 g/mol. The van der Waals surface area contributed by atoms with Crippen LogP contribution in [-0.4, -0.2) is 26.0 Å². The Morgan fingerprint density at radius 2 is 2.10 bits per heavy atom. The Balaban J connectivity index is 1.94. The highest BCUT2D eigenvalue weighted by atomic mass is 16.2. The van der Waals surface area contributed by atoms with Crippen molar-refractivity contribution in [2.24, 2.45) is 17.8 Å². The molecular formula is C7H12N2O. The molecule has 0 unspecified atom stereocenters. The molecule has 2 aliphatic rings. The number of nitrogens with one attached hydrogen (secondary N) is 2. The Morgan fingerprint density at radius 3 is 2.60 bits per heavy atom. The lowest BCUT2D eigenvalue weighted by molar-refractivity contribution is -0.122.